The quantitative estimate of drug-likeness (QED) is 0.819. The number of hydrogen-bond donors (Lipinski definition) is 2. The fourth-order valence-corrected chi connectivity index (χ4v) is 2.39. The van der Waals surface area contributed by atoms with Gasteiger partial charge in [-0.1, -0.05) is 18.2 Å². The van der Waals surface area contributed by atoms with Gasteiger partial charge in [0.1, 0.15) is 0 Å². The molecular formula is C14H13N3O4S. The number of hydrogen-bond acceptors (Lipinski definition) is 6. The number of carbonyl (C=O) groups excluding carboxylic acids is 3. The van der Waals surface area contributed by atoms with Gasteiger partial charge in [0.15, 0.2) is 17.5 Å². The Balaban J connectivity index is 2.08. The molecule has 114 valence electrons. The van der Waals surface area contributed by atoms with Crippen LogP contribution in [0.25, 0.3) is 11.3 Å². The van der Waals surface area contributed by atoms with Crippen LogP contribution in [0.5, 0.6) is 0 Å². The molecule has 3 N–H and O–H groups in total. The van der Waals surface area contributed by atoms with E-state index in [0.717, 1.165) is 5.56 Å². The van der Waals surface area contributed by atoms with Gasteiger partial charge < -0.3 is 10.5 Å². The number of ether oxygens (including phenoxy) is 1. The van der Waals surface area contributed by atoms with Crippen LogP contribution < -0.4 is 11.1 Å². The highest BCUT2D eigenvalue weighted by Crippen LogP contribution is 2.25. The third kappa shape index (κ3) is 4.13. The molecule has 1 aromatic heterocycles. The van der Waals surface area contributed by atoms with Crippen LogP contribution in [0.2, 0.25) is 0 Å². The normalized spacial score (nSPS) is 10.0. The molecule has 0 fully saturated rings. The average Bonchev–Trinajstić information content (AvgIpc) is 2.93. The van der Waals surface area contributed by atoms with Crippen molar-refractivity contribution in [1.29, 1.82) is 0 Å². The number of nitrogens with zero attached hydrogens (tertiary/aromatic N) is 1. The number of carbonyl (C=O) groups is 3. The minimum absolute atomic E-state index is 0.0331. The molecule has 0 unspecified atom stereocenters. The Bertz CT molecular complexity index is 726. The standard InChI is InChI=1S/C14H13N3O4S/c1-8(18)9-3-2-4-10(5-9)11-7-22-14(16-11)17-12(19)6-21-13(15)20/h2-5,7H,6H2,1H3,(H2,15,20)(H,16,17,19). The topological polar surface area (TPSA) is 111 Å². The van der Waals surface area contributed by atoms with E-state index in [-0.39, 0.29) is 5.78 Å². The number of nitrogens with one attached hydrogen (secondary N) is 1. The predicted octanol–water partition coefficient (Wildman–Crippen LogP) is 2.05. The summed E-state index contributed by atoms with van der Waals surface area (Å²) in [5.74, 6) is -0.564. The number of primary amides is 1. The van der Waals surface area contributed by atoms with Gasteiger partial charge in [-0.15, -0.1) is 11.3 Å². The molecule has 22 heavy (non-hydrogen) atoms. The molecular weight excluding hydrogens is 306 g/mol. The Hall–Kier alpha value is -2.74. The molecule has 2 rings (SSSR count). The number of benzene rings is 1. The van der Waals surface area contributed by atoms with E-state index in [9.17, 15) is 14.4 Å². The van der Waals surface area contributed by atoms with Gasteiger partial charge in [-0.2, -0.15) is 0 Å². The number of anilines is 1. The average molecular weight is 319 g/mol. The van der Waals surface area contributed by atoms with E-state index in [1.165, 1.54) is 18.3 Å². The van der Waals surface area contributed by atoms with Crippen LogP contribution in [0.1, 0.15) is 17.3 Å². The number of thiazole rings is 1. The first-order chi connectivity index (χ1) is 10.5. The summed E-state index contributed by atoms with van der Waals surface area (Å²) in [5, 5.41) is 4.61. The lowest BCUT2D eigenvalue weighted by Crippen LogP contribution is -2.23. The van der Waals surface area contributed by atoms with Crippen LogP contribution in [0.4, 0.5) is 9.93 Å². The number of Topliss-reactive ketones (excluding diaryl/α,β-unsaturated/α-hetero) is 1. The molecule has 0 aliphatic rings. The maximum absolute atomic E-state index is 11.5. The highest BCUT2D eigenvalue weighted by Gasteiger charge is 2.10. The third-order valence-corrected chi connectivity index (χ3v) is 3.42. The molecule has 0 spiro atoms. The number of ketones is 1. The van der Waals surface area contributed by atoms with Crippen LogP contribution in [-0.2, 0) is 9.53 Å². The molecule has 0 saturated carbocycles. The van der Waals surface area contributed by atoms with Gasteiger partial charge in [0.25, 0.3) is 5.91 Å². The van der Waals surface area contributed by atoms with Crippen molar-refractivity contribution < 1.29 is 19.1 Å². The Labute approximate surface area is 130 Å². The van der Waals surface area contributed by atoms with Gasteiger partial charge in [0.2, 0.25) is 0 Å². The van der Waals surface area contributed by atoms with Crippen LogP contribution in [0.15, 0.2) is 29.6 Å². The minimum Gasteiger partial charge on any atom is -0.440 e. The first kappa shape index (κ1) is 15.6. The van der Waals surface area contributed by atoms with E-state index >= 15 is 0 Å². The first-order valence-corrected chi connectivity index (χ1v) is 7.12. The monoisotopic (exact) mass is 319 g/mol. The largest absolute Gasteiger partial charge is 0.440 e. The maximum atomic E-state index is 11.5. The summed E-state index contributed by atoms with van der Waals surface area (Å²) in [6.07, 6.45) is -1.02. The fourth-order valence-electron chi connectivity index (χ4n) is 1.65. The predicted molar refractivity (Wildman–Crippen MR) is 81.7 cm³/mol. The van der Waals surface area contributed by atoms with Crippen molar-refractivity contribution in [2.75, 3.05) is 11.9 Å². The summed E-state index contributed by atoms with van der Waals surface area (Å²) in [6, 6.07) is 7.05. The summed E-state index contributed by atoms with van der Waals surface area (Å²) < 4.78 is 4.38. The van der Waals surface area contributed by atoms with E-state index < -0.39 is 18.6 Å². The van der Waals surface area contributed by atoms with E-state index in [0.29, 0.717) is 16.4 Å². The highest BCUT2D eigenvalue weighted by molar-refractivity contribution is 7.14. The number of aromatic nitrogens is 1. The van der Waals surface area contributed by atoms with E-state index in [4.69, 9.17) is 5.73 Å². The Morgan fingerprint density at radius 2 is 2.14 bits per heavy atom. The van der Waals surface area contributed by atoms with E-state index in [1.54, 1.807) is 23.6 Å². The summed E-state index contributed by atoms with van der Waals surface area (Å²) in [4.78, 5) is 37.5. The molecule has 0 bridgehead atoms. The molecule has 0 atom stereocenters. The molecule has 2 aromatic rings. The SMILES string of the molecule is CC(=O)c1cccc(-c2csc(NC(=O)COC(N)=O)n2)c1. The number of amides is 2. The van der Waals surface area contributed by atoms with Gasteiger partial charge in [-0.05, 0) is 13.0 Å². The van der Waals surface area contributed by atoms with Crippen molar-refractivity contribution in [1.82, 2.24) is 4.98 Å². The molecule has 2 amide bonds. The molecule has 1 aromatic carbocycles. The van der Waals surface area contributed by atoms with Crippen molar-refractivity contribution in [3.63, 3.8) is 0 Å². The lowest BCUT2D eigenvalue weighted by atomic mass is 10.1. The molecule has 1 heterocycles. The Morgan fingerprint density at radius 3 is 2.82 bits per heavy atom. The summed E-state index contributed by atoms with van der Waals surface area (Å²) in [7, 11) is 0. The zero-order chi connectivity index (χ0) is 16.1. The van der Waals surface area contributed by atoms with Crippen LogP contribution in [0.3, 0.4) is 0 Å². The maximum Gasteiger partial charge on any atom is 0.405 e. The second-order valence-electron chi connectivity index (χ2n) is 4.33. The van der Waals surface area contributed by atoms with Crippen LogP contribution in [0, 0.1) is 0 Å². The van der Waals surface area contributed by atoms with E-state index in [2.05, 4.69) is 15.0 Å². The Kier molecular flexibility index (Phi) is 4.84. The van der Waals surface area contributed by atoms with Gasteiger partial charge in [-0.25, -0.2) is 9.78 Å². The van der Waals surface area contributed by atoms with Gasteiger partial charge in [0.05, 0.1) is 5.69 Å². The van der Waals surface area contributed by atoms with Crippen molar-refractivity contribution in [3.05, 3.63) is 35.2 Å². The molecule has 0 radical (unpaired) electrons. The van der Waals surface area contributed by atoms with Crippen LogP contribution >= 0.6 is 11.3 Å². The minimum atomic E-state index is -1.02. The molecule has 8 heteroatoms. The van der Waals surface area contributed by atoms with Crippen molar-refractivity contribution in [2.45, 2.75) is 6.92 Å². The van der Waals surface area contributed by atoms with Gasteiger partial charge >= 0.3 is 6.09 Å². The van der Waals surface area contributed by atoms with Crippen molar-refractivity contribution in [3.8, 4) is 11.3 Å². The smallest absolute Gasteiger partial charge is 0.405 e. The van der Waals surface area contributed by atoms with Crippen molar-refractivity contribution >= 4 is 34.3 Å². The fraction of sp³-hybridized carbons (Fsp3) is 0.143. The van der Waals surface area contributed by atoms with Crippen LogP contribution in [-0.4, -0.2) is 29.4 Å². The molecule has 0 saturated heterocycles. The van der Waals surface area contributed by atoms with Crippen molar-refractivity contribution in [2.24, 2.45) is 5.73 Å². The highest BCUT2D eigenvalue weighted by atomic mass is 32.1. The summed E-state index contributed by atoms with van der Waals surface area (Å²) in [5.41, 5.74) is 6.77. The lowest BCUT2D eigenvalue weighted by molar-refractivity contribution is -0.118. The molecule has 0 aliphatic carbocycles. The van der Waals surface area contributed by atoms with Gasteiger partial charge in [0, 0.05) is 16.5 Å². The third-order valence-electron chi connectivity index (χ3n) is 2.66. The van der Waals surface area contributed by atoms with Gasteiger partial charge in [-0.3, -0.25) is 14.9 Å². The lowest BCUT2D eigenvalue weighted by Gasteiger charge is -2.01. The zero-order valence-electron chi connectivity index (χ0n) is 11.7. The van der Waals surface area contributed by atoms with E-state index in [1.807, 2.05) is 6.07 Å². The first-order valence-electron chi connectivity index (χ1n) is 6.24. The number of rotatable bonds is 5. The zero-order valence-corrected chi connectivity index (χ0v) is 12.5. The number of nitrogens with two attached hydrogens (primary N) is 1. The second kappa shape index (κ2) is 6.81. The molecule has 7 nitrogen and oxygen atoms in total. The summed E-state index contributed by atoms with van der Waals surface area (Å²) in [6.45, 7) is 1.02. The summed E-state index contributed by atoms with van der Waals surface area (Å²) >= 11 is 1.22. The Morgan fingerprint density at radius 1 is 1.36 bits per heavy atom. The second-order valence-corrected chi connectivity index (χ2v) is 5.19. The molecule has 0 aliphatic heterocycles.